The van der Waals surface area contributed by atoms with E-state index in [0.717, 1.165) is 0 Å². The first-order valence-corrected chi connectivity index (χ1v) is 13.0. The average Bonchev–Trinajstić information content (AvgIpc) is 3.14. The van der Waals surface area contributed by atoms with E-state index in [1.54, 1.807) is 0 Å². The Bertz CT molecular complexity index is 1700. The molecule has 0 saturated heterocycles. The van der Waals surface area contributed by atoms with Gasteiger partial charge in [0.1, 0.15) is 0 Å². The Labute approximate surface area is 209 Å². The molecule has 0 nitrogen and oxygen atoms in total. The molecule has 1 aliphatic rings. The zero-order valence-corrected chi connectivity index (χ0v) is 21.7. The molecule has 0 N–H and O–H groups in total. The molecule has 0 saturated carbocycles. The van der Waals surface area contributed by atoms with Gasteiger partial charge in [-0.25, -0.2) is 0 Å². The molecule has 0 aliphatic heterocycles. The van der Waals surface area contributed by atoms with E-state index < -0.39 is 0 Å². The molecule has 0 spiro atoms. The first-order valence-electron chi connectivity index (χ1n) is 13.0. The van der Waals surface area contributed by atoms with Crippen molar-refractivity contribution in [3.63, 3.8) is 0 Å². The molecule has 0 atom stereocenters. The summed E-state index contributed by atoms with van der Waals surface area (Å²) in [6.45, 7) is 12.8. The molecule has 0 heterocycles. The first-order chi connectivity index (χ1) is 17.1. The lowest BCUT2D eigenvalue weighted by Gasteiger charge is -2.24. The van der Waals surface area contributed by atoms with Gasteiger partial charge in [0.15, 0.2) is 0 Å². The number of hydrogen-bond donors (Lipinski definition) is 0. The zero-order chi connectivity index (χ0) is 24.7. The normalized spacial score (nSPS) is 13.1. The SMILES string of the molecule is CC.CC.CC1(C)c2cc3cc4ccccc4cc3cc2-c2ccc3c(ccc4ccccc43)c21. The molecule has 7 rings (SSSR count). The highest BCUT2D eigenvalue weighted by Crippen LogP contribution is 2.53. The van der Waals surface area contributed by atoms with E-state index in [-0.39, 0.29) is 5.41 Å². The molecule has 0 amide bonds. The molecule has 35 heavy (non-hydrogen) atoms. The highest BCUT2D eigenvalue weighted by atomic mass is 14.4. The zero-order valence-electron chi connectivity index (χ0n) is 21.7. The van der Waals surface area contributed by atoms with Crippen LogP contribution in [0, 0.1) is 0 Å². The van der Waals surface area contributed by atoms with Crippen LogP contribution in [0.5, 0.6) is 0 Å². The van der Waals surface area contributed by atoms with Gasteiger partial charge in [-0.15, -0.1) is 0 Å². The van der Waals surface area contributed by atoms with Crippen molar-refractivity contribution in [1.82, 2.24) is 0 Å². The second kappa shape index (κ2) is 8.86. The highest BCUT2D eigenvalue weighted by molar-refractivity contribution is 6.12. The Hall–Kier alpha value is -3.64. The van der Waals surface area contributed by atoms with E-state index in [4.69, 9.17) is 0 Å². The minimum Gasteiger partial charge on any atom is -0.0683 e. The fourth-order valence-corrected chi connectivity index (χ4v) is 5.85. The quantitative estimate of drug-likeness (QED) is 0.158. The summed E-state index contributed by atoms with van der Waals surface area (Å²) in [5, 5.41) is 10.6. The molecule has 0 bridgehead atoms. The third-order valence-corrected chi connectivity index (χ3v) is 7.36. The van der Waals surface area contributed by atoms with E-state index in [0.29, 0.717) is 0 Å². The fourth-order valence-electron chi connectivity index (χ4n) is 5.85. The van der Waals surface area contributed by atoms with Crippen molar-refractivity contribution in [3.8, 4) is 11.1 Å². The van der Waals surface area contributed by atoms with E-state index >= 15 is 0 Å². The van der Waals surface area contributed by atoms with Crippen molar-refractivity contribution in [2.45, 2.75) is 47.0 Å². The molecular weight excluding hydrogens is 420 g/mol. The maximum atomic E-state index is 2.43. The summed E-state index contributed by atoms with van der Waals surface area (Å²) in [5.74, 6) is 0. The molecular formula is C35H34. The van der Waals surface area contributed by atoms with Crippen molar-refractivity contribution in [2.24, 2.45) is 0 Å². The Morgan fingerprint density at radius 1 is 0.429 bits per heavy atom. The van der Waals surface area contributed by atoms with Crippen LogP contribution >= 0.6 is 0 Å². The van der Waals surface area contributed by atoms with Gasteiger partial charge in [0.05, 0.1) is 0 Å². The van der Waals surface area contributed by atoms with E-state index in [1.807, 2.05) is 27.7 Å². The third kappa shape index (κ3) is 3.43. The summed E-state index contributed by atoms with van der Waals surface area (Å²) in [7, 11) is 0. The molecule has 1 aliphatic carbocycles. The molecule has 0 aromatic heterocycles. The summed E-state index contributed by atoms with van der Waals surface area (Å²) >= 11 is 0. The monoisotopic (exact) mass is 454 g/mol. The van der Waals surface area contributed by atoms with Crippen LogP contribution in [0.2, 0.25) is 0 Å². The summed E-state index contributed by atoms with van der Waals surface area (Å²) < 4.78 is 0. The van der Waals surface area contributed by atoms with Gasteiger partial charge < -0.3 is 0 Å². The smallest absolute Gasteiger partial charge is 0.0165 e. The first kappa shape index (κ1) is 23.1. The van der Waals surface area contributed by atoms with Crippen LogP contribution < -0.4 is 0 Å². The van der Waals surface area contributed by atoms with Crippen LogP contribution in [-0.4, -0.2) is 0 Å². The second-order valence-corrected chi connectivity index (χ2v) is 9.44. The van der Waals surface area contributed by atoms with Gasteiger partial charge in [0.2, 0.25) is 0 Å². The third-order valence-electron chi connectivity index (χ3n) is 7.36. The van der Waals surface area contributed by atoms with E-state index in [2.05, 4.69) is 111 Å². The molecule has 6 aromatic rings. The highest BCUT2D eigenvalue weighted by Gasteiger charge is 2.37. The fraction of sp³-hybridized carbons (Fsp3) is 0.200. The molecule has 0 heteroatoms. The second-order valence-electron chi connectivity index (χ2n) is 9.44. The minimum atomic E-state index is -0.0352. The van der Waals surface area contributed by atoms with Gasteiger partial charge in [-0.1, -0.05) is 114 Å². The number of hydrogen-bond acceptors (Lipinski definition) is 0. The van der Waals surface area contributed by atoms with Crippen LogP contribution in [0.3, 0.4) is 0 Å². The van der Waals surface area contributed by atoms with Gasteiger partial charge in [-0.2, -0.15) is 0 Å². The largest absolute Gasteiger partial charge is 0.0683 e. The minimum absolute atomic E-state index is 0.0352. The molecule has 6 aromatic carbocycles. The molecule has 0 radical (unpaired) electrons. The van der Waals surface area contributed by atoms with Gasteiger partial charge in [0, 0.05) is 5.41 Å². The average molecular weight is 455 g/mol. The van der Waals surface area contributed by atoms with Crippen molar-refractivity contribution < 1.29 is 0 Å². The van der Waals surface area contributed by atoms with Crippen molar-refractivity contribution in [3.05, 3.63) is 108 Å². The molecule has 0 fully saturated rings. The maximum absolute atomic E-state index is 2.43. The standard InChI is InChI=1S/C31H22.2C2H6/c1-31(2)29-18-23-16-21-9-4-3-8-20(21)15-22(23)17-28(29)27-14-13-25-24-10-6-5-7-19(24)11-12-26(25)30(27)31;2*1-2/h3-18H,1-2H3;2*1-2H3. The van der Waals surface area contributed by atoms with Crippen LogP contribution in [0.1, 0.15) is 52.7 Å². The summed E-state index contributed by atoms with van der Waals surface area (Å²) in [4.78, 5) is 0. The summed E-state index contributed by atoms with van der Waals surface area (Å²) in [6.07, 6.45) is 0. The lowest BCUT2D eigenvalue weighted by atomic mass is 9.79. The van der Waals surface area contributed by atoms with Crippen LogP contribution in [0.15, 0.2) is 97.1 Å². The number of benzene rings is 6. The predicted molar refractivity (Wildman–Crippen MR) is 157 cm³/mol. The van der Waals surface area contributed by atoms with E-state index in [1.165, 1.54) is 65.3 Å². The van der Waals surface area contributed by atoms with Gasteiger partial charge in [0.25, 0.3) is 0 Å². The summed E-state index contributed by atoms with van der Waals surface area (Å²) in [5.41, 5.74) is 5.64. The maximum Gasteiger partial charge on any atom is 0.0165 e. The van der Waals surface area contributed by atoms with Crippen LogP contribution in [0.25, 0.3) is 54.2 Å². The van der Waals surface area contributed by atoms with Crippen LogP contribution in [0.4, 0.5) is 0 Å². The Morgan fingerprint density at radius 2 is 1.00 bits per heavy atom. The van der Waals surface area contributed by atoms with Crippen molar-refractivity contribution in [1.29, 1.82) is 0 Å². The Morgan fingerprint density at radius 3 is 1.69 bits per heavy atom. The predicted octanol–water partition coefficient (Wildman–Crippen LogP) is 10.7. The van der Waals surface area contributed by atoms with Crippen molar-refractivity contribution >= 4 is 43.1 Å². The lowest BCUT2D eigenvalue weighted by Crippen LogP contribution is -2.15. The Kier molecular flexibility index (Phi) is 5.85. The van der Waals surface area contributed by atoms with E-state index in [9.17, 15) is 0 Å². The van der Waals surface area contributed by atoms with Gasteiger partial charge in [-0.05, 0) is 89.6 Å². The summed E-state index contributed by atoms with van der Waals surface area (Å²) in [6, 6.07) is 36.2. The van der Waals surface area contributed by atoms with Crippen molar-refractivity contribution in [2.75, 3.05) is 0 Å². The van der Waals surface area contributed by atoms with Crippen LogP contribution in [-0.2, 0) is 5.41 Å². The number of fused-ring (bicyclic) bond motifs is 9. The van der Waals surface area contributed by atoms with Gasteiger partial charge >= 0.3 is 0 Å². The Balaban J connectivity index is 0.000000605. The lowest BCUT2D eigenvalue weighted by molar-refractivity contribution is 0.667. The topological polar surface area (TPSA) is 0 Å². The number of rotatable bonds is 0. The molecule has 0 unspecified atom stereocenters. The molecule has 174 valence electrons. The van der Waals surface area contributed by atoms with Gasteiger partial charge in [-0.3, -0.25) is 0 Å².